The monoisotopic (exact) mass is 654 g/mol. The molecule has 2 unspecified atom stereocenters. The summed E-state index contributed by atoms with van der Waals surface area (Å²) in [4.78, 5) is 23.0. The number of hydrogen-bond acceptors (Lipinski definition) is 6. The number of hydrogen-bond donors (Lipinski definition) is 1. The lowest BCUT2D eigenvalue weighted by molar-refractivity contribution is 0.0298. The molecule has 3 aromatic rings. The number of rotatable bonds is 14. The predicted octanol–water partition coefficient (Wildman–Crippen LogP) is 7.93. The smallest absolute Gasteiger partial charge is 0.407 e. The molecule has 3 fully saturated rings. The van der Waals surface area contributed by atoms with E-state index in [1.54, 1.807) is 7.05 Å². The second kappa shape index (κ2) is 16.4. The lowest BCUT2D eigenvalue weighted by Crippen LogP contribution is -2.54. The Kier molecular flexibility index (Phi) is 11.8. The first-order valence-corrected chi connectivity index (χ1v) is 18.8. The van der Waals surface area contributed by atoms with E-state index >= 15 is 0 Å². The summed E-state index contributed by atoms with van der Waals surface area (Å²) in [6.07, 6.45) is 7.34. The number of likely N-dealkylation sites (tertiary alicyclic amines) is 2. The van der Waals surface area contributed by atoms with Crippen LogP contribution in [0.5, 0.6) is 0 Å². The average Bonchev–Trinajstić information content (AvgIpc) is 3.60. The number of nitrogens with zero attached hydrogens (tertiary/aromatic N) is 3. The first kappa shape index (κ1) is 33.9. The van der Waals surface area contributed by atoms with Crippen LogP contribution in [0.25, 0.3) is 0 Å². The maximum absolute atomic E-state index is 12.5. The van der Waals surface area contributed by atoms with Gasteiger partial charge in [-0.05, 0) is 113 Å². The molecular formula is C40H54N4O2S. The quantitative estimate of drug-likeness (QED) is 0.191. The number of ether oxygens (including phenoxy) is 1. The summed E-state index contributed by atoms with van der Waals surface area (Å²) in [5.41, 5.74) is 2.73. The summed E-state index contributed by atoms with van der Waals surface area (Å²) in [5, 5.41) is 2.71. The third-order valence-electron chi connectivity index (χ3n) is 10.8. The van der Waals surface area contributed by atoms with Crippen molar-refractivity contribution in [2.45, 2.75) is 73.2 Å². The molecule has 3 aromatic carbocycles. The minimum absolute atomic E-state index is 0.0379. The third-order valence-corrected chi connectivity index (χ3v) is 11.8. The van der Waals surface area contributed by atoms with Crippen LogP contribution in [0.4, 0.5) is 10.5 Å². The number of anilines is 1. The summed E-state index contributed by atoms with van der Waals surface area (Å²) < 4.78 is 6.06. The number of amides is 1. The summed E-state index contributed by atoms with van der Waals surface area (Å²) in [6.45, 7) is 11.4. The standard InChI is InChI=1S/C40H54N4O2S/c1-3-12-36(46-39(45)41-2)27-40(31-43-23-10-11-24-43,33-13-6-4-7-14-33)34-21-25-42(26-22-34)28-32-29-44(30-32)35-17-19-38(20-18-35)47-37-15-8-5-9-16-37/h4-9,13-20,32,34,36H,3,10-12,21-31H2,1-2H3,(H,41,45). The topological polar surface area (TPSA) is 48.1 Å². The zero-order valence-electron chi connectivity index (χ0n) is 28.5. The second-order valence-electron chi connectivity index (χ2n) is 14.0. The molecule has 6 rings (SSSR count). The van der Waals surface area contributed by atoms with Crippen LogP contribution in [0.1, 0.15) is 57.4 Å². The molecule has 0 aromatic heterocycles. The van der Waals surface area contributed by atoms with E-state index in [2.05, 4.69) is 112 Å². The summed E-state index contributed by atoms with van der Waals surface area (Å²) >= 11 is 1.82. The largest absolute Gasteiger partial charge is 0.446 e. The van der Waals surface area contributed by atoms with Crippen molar-refractivity contribution >= 4 is 23.5 Å². The zero-order valence-corrected chi connectivity index (χ0v) is 29.3. The van der Waals surface area contributed by atoms with Crippen molar-refractivity contribution in [3.8, 4) is 0 Å². The second-order valence-corrected chi connectivity index (χ2v) is 15.2. The van der Waals surface area contributed by atoms with Crippen molar-refractivity contribution in [3.63, 3.8) is 0 Å². The van der Waals surface area contributed by atoms with E-state index < -0.39 is 0 Å². The van der Waals surface area contributed by atoms with Gasteiger partial charge in [-0.3, -0.25) is 0 Å². The van der Waals surface area contributed by atoms with Crippen molar-refractivity contribution in [1.29, 1.82) is 0 Å². The molecular weight excluding hydrogens is 601 g/mol. The Labute approximate surface area is 287 Å². The molecule has 3 aliphatic rings. The normalized spacial score (nSPS) is 20.0. The average molecular weight is 655 g/mol. The number of alkyl carbamates (subject to hydrolysis) is 1. The van der Waals surface area contributed by atoms with E-state index in [-0.39, 0.29) is 17.6 Å². The van der Waals surface area contributed by atoms with Gasteiger partial charge in [-0.25, -0.2) is 4.79 Å². The lowest BCUT2D eigenvalue weighted by Gasteiger charge is -2.49. The van der Waals surface area contributed by atoms with Crippen LogP contribution in [0, 0.1) is 11.8 Å². The lowest BCUT2D eigenvalue weighted by atomic mass is 9.63. The highest BCUT2D eigenvalue weighted by atomic mass is 32.2. The van der Waals surface area contributed by atoms with Crippen molar-refractivity contribution in [1.82, 2.24) is 15.1 Å². The molecule has 6 nitrogen and oxygen atoms in total. The van der Waals surface area contributed by atoms with Crippen LogP contribution in [0.2, 0.25) is 0 Å². The molecule has 3 aliphatic heterocycles. The van der Waals surface area contributed by atoms with Gasteiger partial charge >= 0.3 is 6.09 Å². The van der Waals surface area contributed by atoms with Gasteiger partial charge in [0.15, 0.2) is 0 Å². The molecule has 7 heteroatoms. The fourth-order valence-corrected chi connectivity index (χ4v) is 9.17. The summed E-state index contributed by atoms with van der Waals surface area (Å²) in [6, 6.07) is 30.9. The molecule has 2 atom stereocenters. The Balaban J connectivity index is 1.08. The Bertz CT molecular complexity index is 1370. The highest BCUT2D eigenvalue weighted by Crippen LogP contribution is 2.45. The Morgan fingerprint density at radius 3 is 2.15 bits per heavy atom. The van der Waals surface area contributed by atoms with Gasteiger partial charge in [0.2, 0.25) is 0 Å². The fourth-order valence-electron chi connectivity index (χ4n) is 8.34. The van der Waals surface area contributed by atoms with Crippen LogP contribution >= 0.6 is 11.8 Å². The molecule has 0 radical (unpaired) electrons. The number of benzene rings is 3. The van der Waals surface area contributed by atoms with Crippen molar-refractivity contribution < 1.29 is 9.53 Å². The molecule has 3 saturated heterocycles. The van der Waals surface area contributed by atoms with Crippen molar-refractivity contribution in [3.05, 3.63) is 90.5 Å². The van der Waals surface area contributed by atoms with Crippen molar-refractivity contribution in [2.75, 3.05) is 64.3 Å². The van der Waals surface area contributed by atoms with Crippen LogP contribution in [0.15, 0.2) is 94.7 Å². The summed E-state index contributed by atoms with van der Waals surface area (Å²) in [7, 11) is 1.67. The highest BCUT2D eigenvalue weighted by Gasteiger charge is 2.45. The number of carbonyl (C=O) groups excluding carboxylic acids is 1. The van der Waals surface area contributed by atoms with Crippen LogP contribution < -0.4 is 10.2 Å². The highest BCUT2D eigenvalue weighted by molar-refractivity contribution is 7.99. The Morgan fingerprint density at radius 1 is 0.872 bits per heavy atom. The van der Waals surface area contributed by atoms with E-state index in [1.807, 2.05) is 11.8 Å². The van der Waals surface area contributed by atoms with Gasteiger partial charge < -0.3 is 24.8 Å². The molecule has 47 heavy (non-hydrogen) atoms. The summed E-state index contributed by atoms with van der Waals surface area (Å²) in [5.74, 6) is 1.28. The Morgan fingerprint density at radius 2 is 1.51 bits per heavy atom. The molecule has 0 saturated carbocycles. The number of piperidine rings is 1. The molecule has 1 N–H and O–H groups in total. The zero-order chi connectivity index (χ0) is 32.5. The molecule has 0 bridgehead atoms. The van der Waals surface area contributed by atoms with Gasteiger partial charge in [0.05, 0.1) is 0 Å². The molecule has 252 valence electrons. The maximum Gasteiger partial charge on any atom is 0.407 e. The van der Waals surface area contributed by atoms with Crippen molar-refractivity contribution in [2.24, 2.45) is 11.8 Å². The Hall–Kier alpha value is -3.00. The SMILES string of the molecule is CCCC(CC(CN1CCCC1)(c1ccccc1)C1CCN(CC2CN(c3ccc(Sc4ccccc4)cc3)C2)CC1)OC(=O)NC. The van der Waals surface area contributed by atoms with Gasteiger partial charge in [0.25, 0.3) is 0 Å². The fraction of sp³-hybridized carbons (Fsp3) is 0.525. The van der Waals surface area contributed by atoms with Gasteiger partial charge in [-0.1, -0.05) is 73.6 Å². The predicted molar refractivity (Wildman–Crippen MR) is 195 cm³/mol. The van der Waals surface area contributed by atoms with Gasteiger partial charge in [-0.2, -0.15) is 0 Å². The number of carbonyl (C=O) groups is 1. The molecule has 0 aliphatic carbocycles. The van der Waals surface area contributed by atoms with Gasteiger partial charge in [0.1, 0.15) is 6.10 Å². The molecule has 0 spiro atoms. The minimum Gasteiger partial charge on any atom is -0.446 e. The van der Waals surface area contributed by atoms with Crippen LogP contribution in [-0.4, -0.2) is 81.4 Å². The van der Waals surface area contributed by atoms with E-state index in [1.165, 1.54) is 66.4 Å². The first-order chi connectivity index (χ1) is 23.0. The maximum atomic E-state index is 12.5. The van der Waals surface area contributed by atoms with E-state index in [0.717, 1.165) is 57.9 Å². The van der Waals surface area contributed by atoms with E-state index in [4.69, 9.17) is 4.74 Å². The van der Waals surface area contributed by atoms with E-state index in [9.17, 15) is 4.79 Å². The molecule has 3 heterocycles. The third kappa shape index (κ3) is 8.73. The number of nitrogens with one attached hydrogen (secondary N) is 1. The molecule has 1 amide bonds. The van der Waals surface area contributed by atoms with Gasteiger partial charge in [-0.15, -0.1) is 0 Å². The van der Waals surface area contributed by atoms with Crippen LogP contribution in [-0.2, 0) is 10.2 Å². The first-order valence-electron chi connectivity index (χ1n) is 18.0. The van der Waals surface area contributed by atoms with Gasteiger partial charge in [0, 0.05) is 60.0 Å². The van der Waals surface area contributed by atoms with Crippen LogP contribution in [0.3, 0.4) is 0 Å². The van der Waals surface area contributed by atoms with E-state index in [0.29, 0.717) is 5.92 Å². The minimum atomic E-state index is -0.307.